The number of aromatic nitrogens is 1. The van der Waals surface area contributed by atoms with Crippen LogP contribution >= 0.6 is 27.3 Å². The molecule has 0 aliphatic heterocycles. The Balaban J connectivity index is 2.76. The van der Waals surface area contributed by atoms with E-state index in [1.54, 1.807) is 0 Å². The fraction of sp³-hybridized carbons (Fsp3) is 0.200. The molecule has 2 nitrogen and oxygen atoms in total. The molecular formula is C5H3BrN2S. The van der Waals surface area contributed by atoms with E-state index in [1.807, 2.05) is 11.4 Å². The highest BCUT2D eigenvalue weighted by atomic mass is 79.9. The van der Waals surface area contributed by atoms with E-state index in [4.69, 9.17) is 5.26 Å². The zero-order valence-corrected chi connectivity index (χ0v) is 6.87. The number of nitriles is 1. The van der Waals surface area contributed by atoms with Gasteiger partial charge in [0.2, 0.25) is 0 Å². The molecule has 1 aromatic rings. The Bertz CT molecular complexity index is 237. The molecule has 1 heterocycles. The van der Waals surface area contributed by atoms with Crippen molar-refractivity contribution in [1.82, 2.24) is 4.98 Å². The van der Waals surface area contributed by atoms with E-state index in [0.717, 1.165) is 9.61 Å². The maximum Gasteiger partial charge on any atom is 0.117 e. The molecule has 0 aliphatic rings. The molecule has 0 saturated heterocycles. The molecule has 0 saturated carbocycles. The first kappa shape index (κ1) is 6.72. The Morgan fingerprint density at radius 3 is 3.11 bits per heavy atom. The van der Waals surface area contributed by atoms with Crippen LogP contribution in [0.25, 0.3) is 0 Å². The molecule has 1 aromatic heterocycles. The van der Waals surface area contributed by atoms with Crippen LogP contribution in [0.1, 0.15) is 5.01 Å². The highest BCUT2D eigenvalue weighted by Gasteiger charge is 1.95. The third-order valence-electron chi connectivity index (χ3n) is 0.754. The quantitative estimate of drug-likeness (QED) is 0.699. The molecule has 0 bridgehead atoms. The Morgan fingerprint density at radius 1 is 1.89 bits per heavy atom. The number of hydrogen-bond donors (Lipinski definition) is 0. The topological polar surface area (TPSA) is 36.7 Å². The van der Waals surface area contributed by atoms with E-state index < -0.39 is 0 Å². The molecule has 1 rings (SSSR count). The van der Waals surface area contributed by atoms with Crippen LogP contribution in [0.4, 0.5) is 0 Å². The van der Waals surface area contributed by atoms with Gasteiger partial charge in [0.05, 0.1) is 12.5 Å². The lowest BCUT2D eigenvalue weighted by Gasteiger charge is -1.76. The van der Waals surface area contributed by atoms with Gasteiger partial charge < -0.3 is 0 Å². The average molecular weight is 203 g/mol. The third-order valence-corrected chi connectivity index (χ3v) is 2.31. The highest BCUT2D eigenvalue weighted by molar-refractivity contribution is 9.10. The molecular weight excluding hydrogens is 200 g/mol. The van der Waals surface area contributed by atoms with Gasteiger partial charge in [-0.25, -0.2) is 4.98 Å². The maximum absolute atomic E-state index is 8.23. The van der Waals surface area contributed by atoms with Gasteiger partial charge in [0.1, 0.15) is 9.61 Å². The standard InChI is InChI=1S/C5H3BrN2S/c6-4-3-9-5(8-4)1-2-7/h3H,1H2. The van der Waals surface area contributed by atoms with Crippen LogP contribution in [0.5, 0.6) is 0 Å². The minimum Gasteiger partial charge on any atom is -0.233 e. The van der Waals surface area contributed by atoms with Crippen molar-refractivity contribution in [1.29, 1.82) is 5.26 Å². The van der Waals surface area contributed by atoms with Crippen LogP contribution < -0.4 is 0 Å². The van der Waals surface area contributed by atoms with Gasteiger partial charge in [0, 0.05) is 5.38 Å². The van der Waals surface area contributed by atoms with Crippen molar-refractivity contribution in [3.63, 3.8) is 0 Å². The van der Waals surface area contributed by atoms with Crippen LogP contribution in [-0.4, -0.2) is 4.98 Å². The molecule has 46 valence electrons. The zero-order chi connectivity index (χ0) is 6.69. The monoisotopic (exact) mass is 202 g/mol. The Hall–Kier alpha value is -0.400. The normalized spacial score (nSPS) is 8.89. The molecule has 0 N–H and O–H groups in total. The second-order valence-corrected chi connectivity index (χ2v) is 3.15. The summed E-state index contributed by atoms with van der Waals surface area (Å²) >= 11 is 4.69. The SMILES string of the molecule is N#CCc1nc(Br)cs1. The van der Waals surface area contributed by atoms with E-state index in [9.17, 15) is 0 Å². The van der Waals surface area contributed by atoms with Gasteiger partial charge in [-0.05, 0) is 15.9 Å². The Kier molecular flexibility index (Phi) is 2.20. The number of halogens is 1. The number of thiazole rings is 1. The maximum atomic E-state index is 8.23. The summed E-state index contributed by atoms with van der Waals surface area (Å²) in [6, 6.07) is 2.02. The second-order valence-electron chi connectivity index (χ2n) is 1.40. The van der Waals surface area contributed by atoms with Crippen LogP contribution in [0, 0.1) is 11.3 Å². The number of nitrogens with zero attached hydrogens (tertiary/aromatic N) is 2. The van der Waals surface area contributed by atoms with Gasteiger partial charge in [-0.2, -0.15) is 5.26 Å². The predicted molar refractivity (Wildman–Crippen MR) is 39.1 cm³/mol. The summed E-state index contributed by atoms with van der Waals surface area (Å²) in [6.45, 7) is 0. The minimum absolute atomic E-state index is 0.413. The summed E-state index contributed by atoms with van der Waals surface area (Å²) in [5, 5.41) is 11.0. The number of rotatable bonds is 1. The van der Waals surface area contributed by atoms with Gasteiger partial charge in [-0.1, -0.05) is 0 Å². The largest absolute Gasteiger partial charge is 0.233 e. The lowest BCUT2D eigenvalue weighted by atomic mass is 10.5. The summed E-state index contributed by atoms with van der Waals surface area (Å²) in [4.78, 5) is 4.01. The molecule has 0 radical (unpaired) electrons. The fourth-order valence-electron chi connectivity index (χ4n) is 0.437. The van der Waals surface area contributed by atoms with Crippen molar-refractivity contribution >= 4 is 27.3 Å². The molecule has 0 amide bonds. The summed E-state index contributed by atoms with van der Waals surface area (Å²) in [5.74, 6) is 0. The molecule has 9 heavy (non-hydrogen) atoms. The second kappa shape index (κ2) is 2.95. The number of hydrogen-bond acceptors (Lipinski definition) is 3. The first-order valence-corrected chi connectivity index (χ1v) is 3.97. The molecule has 0 unspecified atom stereocenters. The first-order chi connectivity index (χ1) is 4.33. The first-order valence-electron chi connectivity index (χ1n) is 2.30. The lowest BCUT2D eigenvalue weighted by Crippen LogP contribution is -1.75. The van der Waals surface area contributed by atoms with E-state index in [-0.39, 0.29) is 0 Å². The zero-order valence-electron chi connectivity index (χ0n) is 4.47. The van der Waals surface area contributed by atoms with Crippen molar-refractivity contribution in [3.8, 4) is 6.07 Å². The van der Waals surface area contributed by atoms with E-state index in [1.165, 1.54) is 11.3 Å². The molecule has 0 aromatic carbocycles. The van der Waals surface area contributed by atoms with Crippen LogP contribution in [0.15, 0.2) is 9.98 Å². The molecule has 0 spiro atoms. The van der Waals surface area contributed by atoms with E-state index in [2.05, 4.69) is 20.9 Å². The van der Waals surface area contributed by atoms with Crippen LogP contribution in [0.2, 0.25) is 0 Å². The minimum atomic E-state index is 0.413. The van der Waals surface area contributed by atoms with Gasteiger partial charge in [-0.15, -0.1) is 11.3 Å². The van der Waals surface area contributed by atoms with Gasteiger partial charge in [-0.3, -0.25) is 0 Å². The van der Waals surface area contributed by atoms with Crippen molar-refractivity contribution in [3.05, 3.63) is 15.0 Å². The van der Waals surface area contributed by atoms with E-state index >= 15 is 0 Å². The van der Waals surface area contributed by atoms with Gasteiger partial charge in [0.15, 0.2) is 0 Å². The summed E-state index contributed by atoms with van der Waals surface area (Å²) < 4.78 is 0.817. The van der Waals surface area contributed by atoms with Gasteiger partial charge >= 0.3 is 0 Å². The van der Waals surface area contributed by atoms with Crippen molar-refractivity contribution < 1.29 is 0 Å². The third kappa shape index (κ3) is 1.77. The lowest BCUT2D eigenvalue weighted by molar-refractivity contribution is 1.17. The molecule has 0 atom stereocenters. The van der Waals surface area contributed by atoms with Crippen LogP contribution in [0.3, 0.4) is 0 Å². The average Bonchev–Trinajstić information content (AvgIpc) is 2.17. The smallest absolute Gasteiger partial charge is 0.117 e. The van der Waals surface area contributed by atoms with Crippen molar-refractivity contribution in [2.75, 3.05) is 0 Å². The van der Waals surface area contributed by atoms with Crippen LogP contribution in [-0.2, 0) is 6.42 Å². The molecule has 0 fully saturated rings. The Labute approximate surface area is 65.3 Å². The van der Waals surface area contributed by atoms with Crippen molar-refractivity contribution in [2.45, 2.75) is 6.42 Å². The van der Waals surface area contributed by atoms with Gasteiger partial charge in [0.25, 0.3) is 0 Å². The Morgan fingerprint density at radius 2 is 2.67 bits per heavy atom. The summed E-state index contributed by atoms with van der Waals surface area (Å²) in [6.07, 6.45) is 0.413. The predicted octanol–water partition coefficient (Wildman–Crippen LogP) is 1.97. The summed E-state index contributed by atoms with van der Waals surface area (Å²) in [5.41, 5.74) is 0. The van der Waals surface area contributed by atoms with Crippen molar-refractivity contribution in [2.24, 2.45) is 0 Å². The fourth-order valence-corrected chi connectivity index (χ4v) is 1.63. The highest BCUT2D eigenvalue weighted by Crippen LogP contribution is 2.14. The summed E-state index contributed by atoms with van der Waals surface area (Å²) in [7, 11) is 0. The molecule has 4 heteroatoms. The van der Waals surface area contributed by atoms with E-state index in [0.29, 0.717) is 6.42 Å². The molecule has 0 aliphatic carbocycles.